The lowest BCUT2D eigenvalue weighted by atomic mass is 9.87. The van der Waals surface area contributed by atoms with Crippen molar-refractivity contribution in [2.45, 2.75) is 64.8 Å². The van der Waals surface area contributed by atoms with Crippen LogP contribution >= 0.6 is 0 Å². The zero-order chi connectivity index (χ0) is 18.5. The van der Waals surface area contributed by atoms with Crippen LogP contribution in [-0.2, 0) is 12.5 Å². The van der Waals surface area contributed by atoms with Crippen LogP contribution < -0.4 is 4.57 Å². The highest BCUT2D eigenvalue weighted by Gasteiger charge is 2.33. The van der Waals surface area contributed by atoms with E-state index in [9.17, 15) is 0 Å². The molecular weight excluding hydrogens is 316 g/mol. The van der Waals surface area contributed by atoms with Crippen LogP contribution in [0.5, 0.6) is 0 Å². The van der Waals surface area contributed by atoms with E-state index in [1.165, 1.54) is 59.2 Å². The molecule has 2 aromatic carbocycles. The molecule has 1 heterocycles. The normalized spacial score (nSPS) is 15.9. The van der Waals surface area contributed by atoms with Gasteiger partial charge in [-0.25, -0.2) is 9.13 Å². The molecule has 2 nitrogen and oxygen atoms in total. The first-order chi connectivity index (χ1) is 12.4. The van der Waals surface area contributed by atoms with E-state index in [0.29, 0.717) is 6.04 Å². The van der Waals surface area contributed by atoms with Crippen molar-refractivity contribution in [1.82, 2.24) is 4.57 Å². The fourth-order valence-electron chi connectivity index (χ4n) is 4.52. The molecule has 1 saturated carbocycles. The largest absolute Gasteiger partial charge is 0.290 e. The quantitative estimate of drug-likeness (QED) is 0.514. The van der Waals surface area contributed by atoms with Gasteiger partial charge in [0.2, 0.25) is 0 Å². The van der Waals surface area contributed by atoms with Gasteiger partial charge in [-0.2, -0.15) is 0 Å². The summed E-state index contributed by atoms with van der Waals surface area (Å²) in [6, 6.07) is 16.5. The van der Waals surface area contributed by atoms with E-state index >= 15 is 0 Å². The summed E-state index contributed by atoms with van der Waals surface area (Å²) < 4.78 is 5.06. The third kappa shape index (κ3) is 2.76. The maximum atomic E-state index is 2.64. The monoisotopic (exact) mass is 347 g/mol. The lowest BCUT2D eigenvalue weighted by Crippen LogP contribution is -2.40. The molecule has 0 bridgehead atoms. The molecule has 2 heteroatoms. The van der Waals surface area contributed by atoms with Crippen molar-refractivity contribution in [1.29, 1.82) is 0 Å². The third-order valence-corrected chi connectivity index (χ3v) is 6.08. The van der Waals surface area contributed by atoms with Crippen molar-refractivity contribution >= 4 is 11.0 Å². The minimum absolute atomic E-state index is 0.166. The topological polar surface area (TPSA) is 8.81 Å². The standard InChI is InChI=1S/C24H31N2/c1-17-10-6-9-13-20(17)23-25(5)22-16-18(24(2,3)4)14-15-21(22)26(23)19-11-7-8-12-19/h6,9-10,13-16,19H,7-8,11-12H2,1-5H3/q+1. The first kappa shape index (κ1) is 17.3. The molecular formula is C24H31N2+. The summed E-state index contributed by atoms with van der Waals surface area (Å²) in [6.07, 6.45) is 5.29. The van der Waals surface area contributed by atoms with Crippen LogP contribution in [0.3, 0.4) is 0 Å². The second-order valence-electron chi connectivity index (χ2n) is 8.96. The van der Waals surface area contributed by atoms with Crippen LogP contribution in [0.4, 0.5) is 0 Å². The Morgan fingerprint density at radius 1 is 1.00 bits per heavy atom. The highest BCUT2D eigenvalue weighted by atomic mass is 15.2. The van der Waals surface area contributed by atoms with Gasteiger partial charge in [-0.05, 0) is 67.3 Å². The van der Waals surface area contributed by atoms with E-state index in [2.05, 4.69) is 86.3 Å². The number of nitrogens with zero attached hydrogens (tertiary/aromatic N) is 2. The van der Waals surface area contributed by atoms with Gasteiger partial charge >= 0.3 is 0 Å². The molecule has 0 aliphatic heterocycles. The summed E-state index contributed by atoms with van der Waals surface area (Å²) in [5, 5.41) is 0. The van der Waals surface area contributed by atoms with Gasteiger partial charge in [-0.15, -0.1) is 0 Å². The zero-order valence-corrected chi connectivity index (χ0v) is 16.8. The van der Waals surface area contributed by atoms with E-state index < -0.39 is 0 Å². The molecule has 0 atom stereocenters. The molecule has 0 spiro atoms. The Labute approximate surface area is 157 Å². The Kier molecular flexibility index (Phi) is 4.17. The Bertz CT molecular complexity index is 950. The van der Waals surface area contributed by atoms with Crippen LogP contribution in [0, 0.1) is 6.92 Å². The van der Waals surface area contributed by atoms with Crippen molar-refractivity contribution in [3.8, 4) is 11.4 Å². The van der Waals surface area contributed by atoms with Gasteiger partial charge in [0, 0.05) is 0 Å². The highest BCUT2D eigenvalue weighted by molar-refractivity contribution is 5.77. The van der Waals surface area contributed by atoms with Crippen molar-refractivity contribution in [3.63, 3.8) is 0 Å². The first-order valence-electron chi connectivity index (χ1n) is 9.98. The summed E-state index contributed by atoms with van der Waals surface area (Å²) in [4.78, 5) is 0. The van der Waals surface area contributed by atoms with Gasteiger partial charge in [0.05, 0.1) is 12.6 Å². The molecule has 1 aliphatic rings. The second-order valence-corrected chi connectivity index (χ2v) is 8.96. The van der Waals surface area contributed by atoms with Gasteiger partial charge in [-0.3, -0.25) is 0 Å². The Morgan fingerprint density at radius 3 is 2.35 bits per heavy atom. The zero-order valence-electron chi connectivity index (χ0n) is 16.8. The molecule has 3 aromatic rings. The molecule has 0 saturated heterocycles. The SMILES string of the molecule is Cc1ccccc1-c1n(C)c2cc(C(C)(C)C)ccc2[n+]1C1CCCC1. The molecule has 0 radical (unpaired) electrons. The highest BCUT2D eigenvalue weighted by Crippen LogP contribution is 2.34. The Hall–Kier alpha value is -2.09. The summed E-state index contributed by atoms with van der Waals surface area (Å²) in [5.41, 5.74) is 7.00. The van der Waals surface area contributed by atoms with Gasteiger partial charge in [0.15, 0.2) is 11.0 Å². The van der Waals surface area contributed by atoms with Crippen molar-refractivity contribution in [2.24, 2.45) is 7.05 Å². The second kappa shape index (κ2) is 6.26. The van der Waals surface area contributed by atoms with E-state index in [1.807, 2.05) is 0 Å². The maximum Gasteiger partial charge on any atom is 0.290 e. The average Bonchev–Trinajstić information content (AvgIpc) is 3.21. The molecule has 0 unspecified atom stereocenters. The Morgan fingerprint density at radius 2 is 1.69 bits per heavy atom. The lowest BCUT2D eigenvalue weighted by Gasteiger charge is -2.18. The number of hydrogen-bond acceptors (Lipinski definition) is 0. The minimum atomic E-state index is 0.166. The van der Waals surface area contributed by atoms with E-state index in [0.717, 1.165) is 0 Å². The van der Waals surface area contributed by atoms with Gasteiger partial charge in [0.25, 0.3) is 5.82 Å². The third-order valence-electron chi connectivity index (χ3n) is 6.08. The fraction of sp³-hybridized carbons (Fsp3) is 0.458. The summed E-state index contributed by atoms with van der Waals surface area (Å²) in [7, 11) is 2.24. The Balaban J connectivity index is 2.04. The molecule has 1 aromatic heterocycles. The number of benzene rings is 2. The summed E-state index contributed by atoms with van der Waals surface area (Å²) in [5.74, 6) is 1.36. The summed E-state index contributed by atoms with van der Waals surface area (Å²) in [6.45, 7) is 9.12. The number of imidazole rings is 1. The first-order valence-corrected chi connectivity index (χ1v) is 9.98. The van der Waals surface area contributed by atoms with Gasteiger partial charge in [0.1, 0.15) is 6.04 Å². The summed E-state index contributed by atoms with van der Waals surface area (Å²) >= 11 is 0. The molecule has 26 heavy (non-hydrogen) atoms. The van der Waals surface area contributed by atoms with E-state index in [-0.39, 0.29) is 5.41 Å². The van der Waals surface area contributed by atoms with Gasteiger partial charge < -0.3 is 0 Å². The number of fused-ring (bicyclic) bond motifs is 1. The van der Waals surface area contributed by atoms with Crippen molar-refractivity contribution < 1.29 is 4.57 Å². The predicted molar refractivity (Wildman–Crippen MR) is 109 cm³/mol. The van der Waals surface area contributed by atoms with Crippen LogP contribution in [0.15, 0.2) is 42.5 Å². The number of rotatable bonds is 2. The van der Waals surface area contributed by atoms with Crippen LogP contribution in [0.2, 0.25) is 0 Å². The van der Waals surface area contributed by atoms with E-state index in [1.54, 1.807) is 0 Å². The average molecular weight is 348 g/mol. The minimum Gasteiger partial charge on any atom is -0.226 e. The lowest BCUT2D eigenvalue weighted by molar-refractivity contribution is -0.687. The van der Waals surface area contributed by atoms with Crippen LogP contribution in [-0.4, -0.2) is 4.57 Å². The maximum absolute atomic E-state index is 2.64. The number of aryl methyl sites for hydroxylation is 2. The fourth-order valence-corrected chi connectivity index (χ4v) is 4.52. The van der Waals surface area contributed by atoms with E-state index in [4.69, 9.17) is 0 Å². The van der Waals surface area contributed by atoms with Gasteiger partial charge in [-0.1, -0.05) is 45.0 Å². The molecule has 0 N–H and O–H groups in total. The molecule has 136 valence electrons. The number of aromatic nitrogens is 2. The molecule has 1 fully saturated rings. The van der Waals surface area contributed by atoms with Crippen molar-refractivity contribution in [3.05, 3.63) is 53.6 Å². The smallest absolute Gasteiger partial charge is 0.226 e. The van der Waals surface area contributed by atoms with Crippen LogP contribution in [0.25, 0.3) is 22.4 Å². The van der Waals surface area contributed by atoms with Crippen molar-refractivity contribution in [2.75, 3.05) is 0 Å². The predicted octanol–water partition coefficient (Wildman–Crippen LogP) is 5.85. The molecule has 4 rings (SSSR count). The van der Waals surface area contributed by atoms with Crippen LogP contribution in [0.1, 0.15) is 63.6 Å². The molecule has 0 amide bonds. The molecule has 1 aliphatic carbocycles. The number of hydrogen-bond donors (Lipinski definition) is 0.